The van der Waals surface area contributed by atoms with Crippen LogP contribution in [0.15, 0.2) is 41.2 Å². The van der Waals surface area contributed by atoms with Crippen molar-refractivity contribution in [2.24, 2.45) is 0 Å². The molecule has 1 atom stereocenters. The molecular weight excluding hydrogens is 480 g/mol. The smallest absolute Gasteiger partial charge is 0.416 e. The van der Waals surface area contributed by atoms with Crippen LogP contribution in [0.25, 0.3) is 5.69 Å². The van der Waals surface area contributed by atoms with E-state index in [1.54, 1.807) is 6.92 Å². The maximum atomic E-state index is 15.3. The maximum absolute atomic E-state index is 15.3. The largest absolute Gasteiger partial charge is 0.490 e. The minimum absolute atomic E-state index is 0.00491. The fourth-order valence-corrected chi connectivity index (χ4v) is 4.19. The molecule has 0 bridgehead atoms. The van der Waals surface area contributed by atoms with E-state index in [9.17, 15) is 22.8 Å². The van der Waals surface area contributed by atoms with Gasteiger partial charge in [0.05, 0.1) is 17.2 Å². The van der Waals surface area contributed by atoms with Crippen molar-refractivity contribution in [2.75, 3.05) is 5.32 Å². The highest BCUT2D eigenvalue weighted by molar-refractivity contribution is 6.06. The third-order valence-corrected chi connectivity index (χ3v) is 5.96. The summed E-state index contributed by atoms with van der Waals surface area (Å²) >= 11 is 0. The highest BCUT2D eigenvalue weighted by Gasteiger charge is 2.31. The summed E-state index contributed by atoms with van der Waals surface area (Å²) in [6, 6.07) is 6.29. The highest BCUT2D eigenvalue weighted by Crippen LogP contribution is 2.32. The van der Waals surface area contributed by atoms with Crippen LogP contribution in [0.4, 0.5) is 23.2 Å². The molecule has 0 saturated heterocycles. The van der Waals surface area contributed by atoms with Crippen molar-refractivity contribution in [3.05, 3.63) is 69.7 Å². The molecule has 0 radical (unpaired) electrons. The highest BCUT2D eigenvalue weighted by atomic mass is 19.4. The van der Waals surface area contributed by atoms with E-state index in [0.717, 1.165) is 48.2 Å². The number of fused-ring (bicyclic) bond motifs is 1. The first kappa shape index (κ1) is 25.5. The number of anilines is 1. The molecular formula is C25H26F4N4O3. The van der Waals surface area contributed by atoms with Crippen molar-refractivity contribution in [1.29, 1.82) is 0 Å². The van der Waals surface area contributed by atoms with E-state index in [1.165, 1.54) is 16.7 Å². The minimum Gasteiger partial charge on any atom is -0.490 e. The molecule has 3 aromatic rings. The average molecular weight is 507 g/mol. The van der Waals surface area contributed by atoms with Gasteiger partial charge in [-0.05, 0) is 50.5 Å². The van der Waals surface area contributed by atoms with Crippen molar-refractivity contribution < 1.29 is 27.1 Å². The zero-order valence-corrected chi connectivity index (χ0v) is 19.9. The van der Waals surface area contributed by atoms with E-state index >= 15 is 4.39 Å². The second-order valence-corrected chi connectivity index (χ2v) is 8.77. The van der Waals surface area contributed by atoms with E-state index < -0.39 is 29.2 Å². The summed E-state index contributed by atoms with van der Waals surface area (Å²) < 4.78 is 62.9. The lowest BCUT2D eigenvalue weighted by Crippen LogP contribution is -2.27. The first-order valence-electron chi connectivity index (χ1n) is 11.8. The summed E-state index contributed by atoms with van der Waals surface area (Å²) in [6.07, 6.45) is -1.22. The summed E-state index contributed by atoms with van der Waals surface area (Å²) in [6.45, 7) is 4.22. The predicted octanol–water partition coefficient (Wildman–Crippen LogP) is 5.35. The Hall–Kier alpha value is -3.63. The lowest BCUT2D eigenvalue weighted by atomic mass is 10.1. The van der Waals surface area contributed by atoms with Crippen molar-refractivity contribution in [2.45, 2.75) is 64.8 Å². The van der Waals surface area contributed by atoms with Crippen LogP contribution in [0, 0.1) is 5.82 Å². The van der Waals surface area contributed by atoms with Crippen molar-refractivity contribution >= 4 is 11.6 Å². The van der Waals surface area contributed by atoms with Crippen LogP contribution >= 0.6 is 0 Å². The molecule has 4 rings (SSSR count). The molecule has 1 N–H and O–H groups in total. The van der Waals surface area contributed by atoms with Crippen LogP contribution in [-0.2, 0) is 19.1 Å². The summed E-state index contributed by atoms with van der Waals surface area (Å²) in [7, 11) is 0. The summed E-state index contributed by atoms with van der Waals surface area (Å²) in [4.78, 5) is 25.9. The number of carbonyl (C=O) groups is 1. The standard InChI is InChI=1S/C25H26F4N4O3/c1-3-7-15(2)36-21-14-20(33-24(35)32-11-5-4-10-22(32)31-33)19(26)13-18(21)23(34)30-17-9-6-8-16(12-17)25(27,28)29/h6,8-9,12-15H,3-5,7,10-11H2,1-2H3,(H,30,34)/t15-/m0/s1. The number of benzene rings is 2. The number of carbonyl (C=O) groups excluding carboxylic acids is 1. The molecule has 7 nitrogen and oxygen atoms in total. The molecule has 0 fully saturated rings. The fourth-order valence-electron chi connectivity index (χ4n) is 4.19. The van der Waals surface area contributed by atoms with Gasteiger partial charge in [0, 0.05) is 24.7 Å². The first-order chi connectivity index (χ1) is 17.1. The second kappa shape index (κ2) is 10.2. The Morgan fingerprint density at radius 1 is 1.22 bits per heavy atom. The van der Waals surface area contributed by atoms with Gasteiger partial charge in [-0.25, -0.2) is 9.18 Å². The quantitative estimate of drug-likeness (QED) is 0.439. The molecule has 1 aliphatic rings. The number of alkyl halides is 3. The number of amides is 1. The number of ether oxygens (including phenoxy) is 1. The molecule has 1 amide bonds. The minimum atomic E-state index is -4.59. The molecule has 0 unspecified atom stereocenters. The Kier molecular flexibility index (Phi) is 7.18. The van der Waals surface area contributed by atoms with Gasteiger partial charge < -0.3 is 10.1 Å². The summed E-state index contributed by atoms with van der Waals surface area (Å²) in [5.74, 6) is -1.19. The van der Waals surface area contributed by atoms with Crippen molar-refractivity contribution in [3.8, 4) is 11.4 Å². The Labute approximate surface area is 204 Å². The van der Waals surface area contributed by atoms with Gasteiger partial charge in [-0.15, -0.1) is 5.10 Å². The molecule has 0 spiro atoms. The number of aryl methyl sites for hydroxylation is 1. The number of halogens is 4. The van der Waals surface area contributed by atoms with Crippen molar-refractivity contribution in [1.82, 2.24) is 14.3 Å². The van der Waals surface area contributed by atoms with Crippen LogP contribution in [0.1, 0.15) is 61.3 Å². The summed E-state index contributed by atoms with van der Waals surface area (Å²) in [5, 5.41) is 6.66. The molecule has 36 heavy (non-hydrogen) atoms. The zero-order valence-electron chi connectivity index (χ0n) is 19.9. The average Bonchev–Trinajstić information content (AvgIpc) is 3.16. The number of rotatable bonds is 7. The Morgan fingerprint density at radius 3 is 2.69 bits per heavy atom. The molecule has 1 aromatic heterocycles. The zero-order chi connectivity index (χ0) is 26.0. The number of aromatic nitrogens is 3. The van der Waals surface area contributed by atoms with Gasteiger partial charge in [-0.1, -0.05) is 19.4 Å². The van der Waals surface area contributed by atoms with Gasteiger partial charge in [0.15, 0.2) is 0 Å². The molecule has 192 valence electrons. The molecule has 2 aromatic carbocycles. The van der Waals surface area contributed by atoms with Gasteiger partial charge in [0.25, 0.3) is 5.91 Å². The molecule has 0 aliphatic carbocycles. The first-order valence-corrected chi connectivity index (χ1v) is 11.8. The van der Waals surface area contributed by atoms with Gasteiger partial charge >= 0.3 is 11.9 Å². The van der Waals surface area contributed by atoms with Gasteiger partial charge in [-0.2, -0.15) is 17.9 Å². The molecule has 0 saturated carbocycles. The number of nitrogens with one attached hydrogen (secondary N) is 1. The number of nitrogens with zero attached hydrogens (tertiary/aromatic N) is 3. The van der Waals surface area contributed by atoms with Crippen LogP contribution in [0.5, 0.6) is 5.75 Å². The van der Waals surface area contributed by atoms with E-state index in [0.29, 0.717) is 25.2 Å². The van der Waals surface area contributed by atoms with E-state index in [-0.39, 0.29) is 28.8 Å². The normalized spacial score (nSPS) is 14.3. The van der Waals surface area contributed by atoms with Gasteiger partial charge in [0.1, 0.15) is 23.1 Å². The third-order valence-electron chi connectivity index (χ3n) is 5.96. The molecule has 11 heteroatoms. The topological polar surface area (TPSA) is 78.2 Å². The maximum Gasteiger partial charge on any atom is 0.416 e. The Bertz CT molecular complexity index is 1330. The van der Waals surface area contributed by atoms with Crippen LogP contribution in [-0.4, -0.2) is 26.4 Å². The van der Waals surface area contributed by atoms with Crippen LogP contribution in [0.2, 0.25) is 0 Å². The summed E-state index contributed by atoms with van der Waals surface area (Å²) in [5.41, 5.74) is -1.91. The molecule has 1 aliphatic heterocycles. The predicted molar refractivity (Wildman–Crippen MR) is 125 cm³/mol. The fraction of sp³-hybridized carbons (Fsp3) is 0.400. The van der Waals surface area contributed by atoms with Crippen LogP contribution < -0.4 is 15.7 Å². The number of hydrogen-bond donors (Lipinski definition) is 1. The lowest BCUT2D eigenvalue weighted by molar-refractivity contribution is -0.137. The lowest BCUT2D eigenvalue weighted by Gasteiger charge is -2.18. The third kappa shape index (κ3) is 5.29. The van der Waals surface area contributed by atoms with Gasteiger partial charge in [0.2, 0.25) is 0 Å². The second-order valence-electron chi connectivity index (χ2n) is 8.77. The molecule has 2 heterocycles. The monoisotopic (exact) mass is 506 g/mol. The van der Waals surface area contributed by atoms with E-state index in [4.69, 9.17) is 4.74 Å². The SMILES string of the molecule is CCC[C@H](C)Oc1cc(-n2nc3n(c2=O)CCCC3)c(F)cc1C(=O)Nc1cccc(C(F)(F)F)c1. The van der Waals surface area contributed by atoms with Gasteiger partial charge in [-0.3, -0.25) is 9.36 Å². The Morgan fingerprint density at radius 2 is 2.00 bits per heavy atom. The number of hydrogen-bond acceptors (Lipinski definition) is 4. The van der Waals surface area contributed by atoms with Crippen LogP contribution in [0.3, 0.4) is 0 Å². The van der Waals surface area contributed by atoms with Crippen molar-refractivity contribution in [3.63, 3.8) is 0 Å². The van der Waals surface area contributed by atoms with E-state index in [2.05, 4.69) is 10.4 Å². The van der Waals surface area contributed by atoms with E-state index in [1.807, 2.05) is 6.92 Å². The Balaban J connectivity index is 1.73.